The molecule has 0 aliphatic rings. The molecule has 0 saturated heterocycles. The Labute approximate surface area is 92.5 Å². The van der Waals surface area contributed by atoms with Crippen molar-refractivity contribution in [2.75, 3.05) is 6.61 Å². The second-order valence-electron chi connectivity index (χ2n) is 2.78. The molecule has 0 heterocycles. The summed E-state index contributed by atoms with van der Waals surface area (Å²) in [6.45, 7) is 1.81. The number of halogens is 1. The van der Waals surface area contributed by atoms with E-state index in [2.05, 4.69) is 16.6 Å². The molecular weight excluding hydrogens is 209 g/mol. The summed E-state index contributed by atoms with van der Waals surface area (Å²) in [5.74, 6) is 3.24. The van der Waals surface area contributed by atoms with Gasteiger partial charge in [0.1, 0.15) is 5.82 Å². The number of nitriles is 1. The minimum absolute atomic E-state index is 0.173. The summed E-state index contributed by atoms with van der Waals surface area (Å²) >= 11 is 0. The van der Waals surface area contributed by atoms with Gasteiger partial charge < -0.3 is 4.74 Å². The van der Waals surface area contributed by atoms with Gasteiger partial charge in [0.2, 0.25) is 0 Å². The maximum absolute atomic E-state index is 13.3. The summed E-state index contributed by atoms with van der Waals surface area (Å²) in [6.07, 6.45) is 0. The number of carbonyl (C=O) groups excluding carboxylic acids is 1. The number of hydrogen-bond donors (Lipinski definition) is 0. The number of benzene rings is 1. The molecule has 16 heavy (non-hydrogen) atoms. The zero-order valence-corrected chi connectivity index (χ0v) is 8.58. The smallest absolute Gasteiger partial charge is 0.341 e. The van der Waals surface area contributed by atoms with Gasteiger partial charge in [-0.3, -0.25) is 0 Å². The summed E-state index contributed by atoms with van der Waals surface area (Å²) < 4.78 is 17.9. The molecule has 0 fully saturated rings. The van der Waals surface area contributed by atoms with Crippen LogP contribution in [-0.2, 0) is 4.74 Å². The van der Waals surface area contributed by atoms with E-state index in [0.29, 0.717) is 5.56 Å². The van der Waals surface area contributed by atoms with Crippen LogP contribution in [0, 0.1) is 29.0 Å². The zero-order chi connectivity index (χ0) is 12.0. The lowest BCUT2D eigenvalue weighted by molar-refractivity contribution is 0.0521. The molecule has 4 heteroatoms. The molecular formula is C12H8FNO2. The van der Waals surface area contributed by atoms with Crippen molar-refractivity contribution in [2.24, 2.45) is 0 Å². The normalized spacial score (nSPS) is 8.56. The van der Waals surface area contributed by atoms with Crippen molar-refractivity contribution in [3.05, 3.63) is 35.1 Å². The number of ether oxygens (including phenoxy) is 1. The van der Waals surface area contributed by atoms with Crippen molar-refractivity contribution in [1.82, 2.24) is 0 Å². The molecule has 0 radical (unpaired) electrons. The zero-order valence-electron chi connectivity index (χ0n) is 8.58. The van der Waals surface area contributed by atoms with E-state index >= 15 is 0 Å². The summed E-state index contributed by atoms with van der Waals surface area (Å²) in [4.78, 5) is 11.3. The maximum atomic E-state index is 13.3. The SMILES string of the molecule is CCOC(=O)c1cc(C#CC#N)ccc1F. The summed E-state index contributed by atoms with van der Waals surface area (Å²) in [5, 5.41) is 8.26. The molecule has 1 aromatic carbocycles. The molecule has 0 saturated carbocycles. The van der Waals surface area contributed by atoms with E-state index in [1.165, 1.54) is 12.1 Å². The van der Waals surface area contributed by atoms with Gasteiger partial charge in [0.25, 0.3) is 0 Å². The van der Waals surface area contributed by atoms with Crippen molar-refractivity contribution in [3.63, 3.8) is 0 Å². The molecule has 0 unspecified atom stereocenters. The highest BCUT2D eigenvalue weighted by molar-refractivity contribution is 5.90. The highest BCUT2D eigenvalue weighted by atomic mass is 19.1. The highest BCUT2D eigenvalue weighted by Gasteiger charge is 2.12. The summed E-state index contributed by atoms with van der Waals surface area (Å²) in [6, 6.07) is 5.41. The van der Waals surface area contributed by atoms with Gasteiger partial charge in [-0.1, -0.05) is 5.92 Å². The standard InChI is InChI=1S/C12H8FNO2/c1-2-16-12(15)10-8-9(4-3-7-14)5-6-11(10)13/h5-6,8H,2H2,1H3. The highest BCUT2D eigenvalue weighted by Crippen LogP contribution is 2.11. The van der Waals surface area contributed by atoms with Crippen LogP contribution in [0.15, 0.2) is 18.2 Å². The fraction of sp³-hybridized carbons (Fsp3) is 0.167. The molecule has 1 rings (SSSR count). The molecule has 0 spiro atoms. The molecule has 0 amide bonds. The lowest BCUT2D eigenvalue weighted by Gasteiger charge is -2.03. The van der Waals surface area contributed by atoms with Crippen LogP contribution in [0.5, 0.6) is 0 Å². The Morgan fingerprint density at radius 2 is 2.31 bits per heavy atom. The monoisotopic (exact) mass is 217 g/mol. The van der Waals surface area contributed by atoms with E-state index in [1.54, 1.807) is 13.0 Å². The molecule has 0 atom stereocenters. The summed E-state index contributed by atoms with van der Waals surface area (Å²) in [5.41, 5.74) is 0.220. The number of hydrogen-bond acceptors (Lipinski definition) is 3. The van der Waals surface area contributed by atoms with Gasteiger partial charge in [-0.25, -0.2) is 9.18 Å². The summed E-state index contributed by atoms with van der Waals surface area (Å²) in [7, 11) is 0. The van der Waals surface area contributed by atoms with Crippen LogP contribution < -0.4 is 0 Å². The third-order valence-corrected chi connectivity index (χ3v) is 1.72. The average molecular weight is 217 g/mol. The van der Waals surface area contributed by atoms with Crippen LogP contribution in [0.1, 0.15) is 22.8 Å². The Morgan fingerprint density at radius 3 is 2.94 bits per heavy atom. The van der Waals surface area contributed by atoms with Gasteiger partial charge >= 0.3 is 5.97 Å². The number of carbonyl (C=O) groups is 1. The van der Waals surface area contributed by atoms with Crippen molar-refractivity contribution in [3.8, 4) is 17.9 Å². The van der Waals surface area contributed by atoms with Crippen molar-refractivity contribution in [2.45, 2.75) is 6.92 Å². The predicted octanol–water partition coefficient (Wildman–Crippen LogP) is 1.88. The molecule has 80 valence electrons. The third kappa shape index (κ3) is 2.83. The topological polar surface area (TPSA) is 50.1 Å². The van der Waals surface area contributed by atoms with E-state index in [4.69, 9.17) is 5.26 Å². The van der Waals surface area contributed by atoms with Crippen LogP contribution in [0.2, 0.25) is 0 Å². The van der Waals surface area contributed by atoms with Gasteiger partial charge in [-0.15, -0.1) is 0 Å². The Balaban J connectivity index is 3.09. The quantitative estimate of drug-likeness (QED) is 0.561. The van der Waals surface area contributed by atoms with Crippen LogP contribution in [0.4, 0.5) is 4.39 Å². The van der Waals surface area contributed by atoms with E-state index in [1.807, 2.05) is 0 Å². The van der Waals surface area contributed by atoms with Gasteiger partial charge in [0.15, 0.2) is 6.07 Å². The fourth-order valence-corrected chi connectivity index (χ4v) is 1.07. The van der Waals surface area contributed by atoms with Gasteiger partial charge in [0.05, 0.1) is 12.2 Å². The Hall–Kier alpha value is -2.33. The Kier molecular flexibility index (Phi) is 4.06. The first-order chi connectivity index (χ1) is 7.69. The average Bonchev–Trinajstić information content (AvgIpc) is 2.28. The number of esters is 1. The first kappa shape index (κ1) is 11.7. The molecule has 0 aliphatic carbocycles. The number of rotatable bonds is 2. The third-order valence-electron chi connectivity index (χ3n) is 1.72. The van der Waals surface area contributed by atoms with E-state index in [9.17, 15) is 9.18 Å². The van der Waals surface area contributed by atoms with Crippen molar-refractivity contribution >= 4 is 5.97 Å². The predicted molar refractivity (Wildman–Crippen MR) is 54.8 cm³/mol. The molecule has 3 nitrogen and oxygen atoms in total. The van der Waals surface area contributed by atoms with E-state index in [-0.39, 0.29) is 12.2 Å². The number of nitrogens with zero attached hydrogens (tertiary/aromatic N) is 1. The van der Waals surface area contributed by atoms with E-state index in [0.717, 1.165) is 6.07 Å². The maximum Gasteiger partial charge on any atom is 0.341 e. The van der Waals surface area contributed by atoms with Crippen molar-refractivity contribution in [1.29, 1.82) is 5.26 Å². The molecule has 0 N–H and O–H groups in total. The van der Waals surface area contributed by atoms with Gasteiger partial charge in [-0.2, -0.15) is 5.26 Å². The van der Waals surface area contributed by atoms with Crippen LogP contribution in [0.3, 0.4) is 0 Å². The van der Waals surface area contributed by atoms with E-state index < -0.39 is 11.8 Å². The lowest BCUT2D eigenvalue weighted by atomic mass is 10.1. The molecule has 0 bridgehead atoms. The van der Waals surface area contributed by atoms with Crippen LogP contribution in [-0.4, -0.2) is 12.6 Å². The lowest BCUT2D eigenvalue weighted by Crippen LogP contribution is -2.07. The minimum Gasteiger partial charge on any atom is -0.462 e. The molecule has 1 aromatic rings. The van der Waals surface area contributed by atoms with Gasteiger partial charge in [0, 0.05) is 11.5 Å². The Morgan fingerprint density at radius 1 is 1.56 bits per heavy atom. The van der Waals surface area contributed by atoms with Crippen LogP contribution in [0.25, 0.3) is 0 Å². The second-order valence-corrected chi connectivity index (χ2v) is 2.78. The second kappa shape index (κ2) is 5.53. The molecule has 0 aliphatic heterocycles. The Bertz CT molecular complexity index is 506. The minimum atomic E-state index is -0.736. The first-order valence-corrected chi connectivity index (χ1v) is 4.55. The van der Waals surface area contributed by atoms with Crippen LogP contribution >= 0.6 is 0 Å². The fourth-order valence-electron chi connectivity index (χ4n) is 1.07. The molecule has 0 aromatic heterocycles. The first-order valence-electron chi connectivity index (χ1n) is 4.55. The largest absolute Gasteiger partial charge is 0.462 e. The van der Waals surface area contributed by atoms with Gasteiger partial charge in [-0.05, 0) is 25.1 Å². The van der Waals surface area contributed by atoms with Crippen molar-refractivity contribution < 1.29 is 13.9 Å².